The molecule has 0 bridgehead atoms. The van der Waals surface area contributed by atoms with Gasteiger partial charge in [0.05, 0.1) is 18.0 Å². The molecule has 0 radical (unpaired) electrons. The molecule has 0 atom stereocenters. The summed E-state index contributed by atoms with van der Waals surface area (Å²) in [5, 5.41) is 3.14. The van der Waals surface area contributed by atoms with E-state index < -0.39 is 0 Å². The molecule has 0 fully saturated rings. The topological polar surface area (TPSA) is 47.3 Å². The van der Waals surface area contributed by atoms with E-state index in [1.54, 1.807) is 13.0 Å². The summed E-state index contributed by atoms with van der Waals surface area (Å²) >= 11 is 0. The number of rotatable bonds is 4. The number of nitrogens with two attached hydrogens (primary N) is 1. The Labute approximate surface area is 112 Å². The predicted molar refractivity (Wildman–Crippen MR) is 76.4 cm³/mol. The van der Waals surface area contributed by atoms with E-state index in [0.29, 0.717) is 35.0 Å². The Morgan fingerprint density at radius 2 is 1.84 bits per heavy atom. The summed E-state index contributed by atoms with van der Waals surface area (Å²) in [7, 11) is 0. The summed E-state index contributed by atoms with van der Waals surface area (Å²) in [5.74, 6) is 0.381. The van der Waals surface area contributed by atoms with Crippen LogP contribution in [0.4, 0.5) is 21.5 Å². The largest absolute Gasteiger partial charge is 0.492 e. The molecule has 2 aromatic rings. The van der Waals surface area contributed by atoms with Crippen molar-refractivity contribution in [1.82, 2.24) is 0 Å². The van der Waals surface area contributed by atoms with Gasteiger partial charge in [0.15, 0.2) is 0 Å². The van der Waals surface area contributed by atoms with Crippen molar-refractivity contribution in [3.63, 3.8) is 0 Å². The van der Waals surface area contributed by atoms with Gasteiger partial charge in [-0.3, -0.25) is 0 Å². The second kappa shape index (κ2) is 5.61. The van der Waals surface area contributed by atoms with Gasteiger partial charge < -0.3 is 15.8 Å². The Morgan fingerprint density at radius 3 is 2.58 bits per heavy atom. The molecule has 4 heteroatoms. The number of benzene rings is 2. The van der Waals surface area contributed by atoms with E-state index in [1.807, 2.05) is 31.2 Å². The van der Waals surface area contributed by atoms with Crippen molar-refractivity contribution in [3.05, 3.63) is 47.8 Å². The van der Waals surface area contributed by atoms with Crippen LogP contribution in [0.5, 0.6) is 5.75 Å². The molecule has 2 rings (SSSR count). The van der Waals surface area contributed by atoms with Crippen LogP contribution < -0.4 is 15.8 Å². The highest BCUT2D eigenvalue weighted by Gasteiger charge is 2.08. The average Bonchev–Trinajstić information content (AvgIpc) is 2.40. The summed E-state index contributed by atoms with van der Waals surface area (Å²) in [4.78, 5) is 0. The first-order valence-corrected chi connectivity index (χ1v) is 6.17. The number of ether oxygens (including phenoxy) is 1. The maximum atomic E-state index is 13.5. The van der Waals surface area contributed by atoms with Crippen LogP contribution in [0.1, 0.15) is 12.5 Å². The Balaban J connectivity index is 2.33. The zero-order valence-corrected chi connectivity index (χ0v) is 11.0. The highest BCUT2D eigenvalue weighted by Crippen LogP contribution is 2.32. The fourth-order valence-corrected chi connectivity index (χ4v) is 1.82. The smallest absolute Gasteiger partial charge is 0.144 e. The number of para-hydroxylation sites is 1. The summed E-state index contributed by atoms with van der Waals surface area (Å²) in [6.45, 7) is 4.17. The van der Waals surface area contributed by atoms with E-state index in [9.17, 15) is 4.39 Å². The van der Waals surface area contributed by atoms with Crippen LogP contribution in [0.25, 0.3) is 0 Å². The lowest BCUT2D eigenvalue weighted by Gasteiger charge is -2.14. The molecular weight excluding hydrogens is 243 g/mol. The second-order valence-corrected chi connectivity index (χ2v) is 4.19. The summed E-state index contributed by atoms with van der Waals surface area (Å²) in [6, 6.07) is 10.4. The quantitative estimate of drug-likeness (QED) is 0.821. The van der Waals surface area contributed by atoms with Gasteiger partial charge in [0.1, 0.15) is 11.6 Å². The van der Waals surface area contributed by atoms with Gasteiger partial charge in [-0.05, 0) is 38.1 Å². The highest BCUT2D eigenvalue weighted by atomic mass is 19.1. The first-order valence-electron chi connectivity index (χ1n) is 6.17. The number of nitrogens with one attached hydrogen (secondary N) is 1. The van der Waals surface area contributed by atoms with E-state index in [-0.39, 0.29) is 5.82 Å². The molecule has 2 aromatic carbocycles. The first kappa shape index (κ1) is 13.2. The molecule has 0 saturated carbocycles. The second-order valence-electron chi connectivity index (χ2n) is 4.19. The van der Waals surface area contributed by atoms with E-state index in [4.69, 9.17) is 10.5 Å². The maximum absolute atomic E-state index is 13.5. The molecule has 19 heavy (non-hydrogen) atoms. The zero-order valence-electron chi connectivity index (χ0n) is 11.0. The molecular formula is C15H17FN2O. The number of hydrogen-bond acceptors (Lipinski definition) is 3. The van der Waals surface area contributed by atoms with Gasteiger partial charge in [-0.25, -0.2) is 4.39 Å². The maximum Gasteiger partial charge on any atom is 0.144 e. The molecule has 100 valence electrons. The fourth-order valence-electron chi connectivity index (χ4n) is 1.82. The van der Waals surface area contributed by atoms with E-state index in [2.05, 4.69) is 5.32 Å². The summed E-state index contributed by atoms with van der Waals surface area (Å²) in [6.07, 6.45) is 0. The zero-order chi connectivity index (χ0) is 13.8. The predicted octanol–water partition coefficient (Wildman–Crippen LogP) is 3.86. The van der Waals surface area contributed by atoms with Crippen LogP contribution in [0, 0.1) is 12.7 Å². The molecule has 0 aliphatic rings. The molecule has 0 aliphatic heterocycles. The monoisotopic (exact) mass is 260 g/mol. The molecule has 0 spiro atoms. The molecule has 3 N–H and O–H groups in total. The minimum Gasteiger partial charge on any atom is -0.492 e. The number of anilines is 3. The minimum absolute atomic E-state index is 0.246. The van der Waals surface area contributed by atoms with Crippen molar-refractivity contribution in [3.8, 4) is 5.75 Å². The van der Waals surface area contributed by atoms with Crippen LogP contribution in [-0.4, -0.2) is 6.61 Å². The van der Waals surface area contributed by atoms with Gasteiger partial charge in [-0.1, -0.05) is 12.1 Å². The van der Waals surface area contributed by atoms with E-state index >= 15 is 0 Å². The van der Waals surface area contributed by atoms with Crippen molar-refractivity contribution >= 4 is 17.1 Å². The van der Waals surface area contributed by atoms with Crippen LogP contribution in [0.15, 0.2) is 36.4 Å². The summed E-state index contributed by atoms with van der Waals surface area (Å²) < 4.78 is 18.9. The Morgan fingerprint density at radius 1 is 1.16 bits per heavy atom. The van der Waals surface area contributed by atoms with Crippen molar-refractivity contribution < 1.29 is 9.13 Å². The normalized spacial score (nSPS) is 10.3. The van der Waals surface area contributed by atoms with E-state index in [0.717, 1.165) is 0 Å². The Bertz CT molecular complexity index is 584. The van der Waals surface area contributed by atoms with Gasteiger partial charge in [-0.2, -0.15) is 0 Å². The van der Waals surface area contributed by atoms with Gasteiger partial charge in [-0.15, -0.1) is 0 Å². The van der Waals surface area contributed by atoms with Crippen molar-refractivity contribution in [2.75, 3.05) is 17.7 Å². The lowest BCUT2D eigenvalue weighted by molar-refractivity contribution is 0.342. The highest BCUT2D eigenvalue weighted by molar-refractivity contribution is 5.78. The third-order valence-corrected chi connectivity index (χ3v) is 2.90. The molecule has 0 saturated heterocycles. The Hall–Kier alpha value is -2.23. The van der Waals surface area contributed by atoms with Gasteiger partial charge >= 0.3 is 0 Å². The minimum atomic E-state index is -0.246. The lowest BCUT2D eigenvalue weighted by atomic mass is 10.1. The number of hydrogen-bond donors (Lipinski definition) is 2. The van der Waals surface area contributed by atoms with Crippen LogP contribution in [0.3, 0.4) is 0 Å². The number of halogens is 1. The standard InChI is InChI=1S/C15H17FN2O/c1-3-19-14-9-5-8-13(15(14)17)18-12-7-4-6-11(16)10(12)2/h4-9,18H,3,17H2,1-2H3. The van der Waals surface area contributed by atoms with Gasteiger partial charge in [0.2, 0.25) is 0 Å². The van der Waals surface area contributed by atoms with Crippen molar-refractivity contribution in [1.29, 1.82) is 0 Å². The average molecular weight is 260 g/mol. The molecule has 0 aromatic heterocycles. The third-order valence-electron chi connectivity index (χ3n) is 2.90. The molecule has 0 aliphatic carbocycles. The summed E-state index contributed by atoms with van der Waals surface area (Å²) in [5.41, 5.74) is 8.51. The van der Waals surface area contributed by atoms with Crippen LogP contribution >= 0.6 is 0 Å². The molecule has 0 unspecified atom stereocenters. The van der Waals surface area contributed by atoms with Gasteiger partial charge in [0.25, 0.3) is 0 Å². The Kier molecular flexibility index (Phi) is 3.90. The molecule has 0 heterocycles. The van der Waals surface area contributed by atoms with Crippen molar-refractivity contribution in [2.45, 2.75) is 13.8 Å². The van der Waals surface area contributed by atoms with Gasteiger partial charge in [0, 0.05) is 11.3 Å². The third kappa shape index (κ3) is 2.78. The SMILES string of the molecule is CCOc1cccc(Nc2cccc(F)c2C)c1N. The fraction of sp³-hybridized carbons (Fsp3) is 0.200. The van der Waals surface area contributed by atoms with Crippen LogP contribution in [0.2, 0.25) is 0 Å². The first-order chi connectivity index (χ1) is 9.13. The molecule has 3 nitrogen and oxygen atoms in total. The number of nitrogen functional groups attached to an aromatic ring is 1. The molecule has 0 amide bonds. The lowest BCUT2D eigenvalue weighted by Crippen LogP contribution is -2.02. The van der Waals surface area contributed by atoms with Crippen molar-refractivity contribution in [2.24, 2.45) is 0 Å². The van der Waals surface area contributed by atoms with Crippen LogP contribution in [-0.2, 0) is 0 Å². The van der Waals surface area contributed by atoms with E-state index in [1.165, 1.54) is 6.07 Å².